The van der Waals surface area contributed by atoms with Crippen molar-refractivity contribution in [3.8, 4) is 11.4 Å². The lowest BCUT2D eigenvalue weighted by Crippen LogP contribution is -2.41. The fourth-order valence-electron chi connectivity index (χ4n) is 3.26. The summed E-state index contributed by atoms with van der Waals surface area (Å²) in [6.07, 6.45) is 10.9. The predicted octanol–water partition coefficient (Wildman–Crippen LogP) is 2.89. The van der Waals surface area contributed by atoms with Crippen LogP contribution in [-0.2, 0) is 13.1 Å². The Morgan fingerprint density at radius 1 is 1.33 bits per heavy atom. The molecule has 0 bridgehead atoms. The molecule has 0 unspecified atom stereocenters. The number of aromatic nitrogens is 4. The Labute approximate surface area is 140 Å². The van der Waals surface area contributed by atoms with Gasteiger partial charge in [0.05, 0.1) is 31.1 Å². The molecule has 0 saturated carbocycles. The molecule has 0 amide bonds. The maximum atomic E-state index is 5.43. The Kier molecular flexibility index (Phi) is 4.17. The average molecular weight is 327 g/mol. The molecule has 7 heteroatoms. The van der Waals surface area contributed by atoms with Crippen LogP contribution in [0, 0.1) is 6.92 Å². The molecule has 0 aromatic carbocycles. The van der Waals surface area contributed by atoms with E-state index in [1.165, 1.54) is 24.8 Å². The molecule has 0 N–H and O–H groups in total. The first-order valence-corrected chi connectivity index (χ1v) is 8.36. The first-order valence-electron chi connectivity index (χ1n) is 8.36. The first kappa shape index (κ1) is 15.1. The van der Waals surface area contributed by atoms with Crippen LogP contribution in [0.2, 0.25) is 0 Å². The molecular formula is C17H21N5O2. The topological polar surface area (TPSA) is 73.1 Å². The van der Waals surface area contributed by atoms with Gasteiger partial charge in [0, 0.05) is 12.2 Å². The molecule has 1 saturated heterocycles. The van der Waals surface area contributed by atoms with Gasteiger partial charge in [0.2, 0.25) is 11.7 Å². The van der Waals surface area contributed by atoms with E-state index in [9.17, 15) is 0 Å². The molecule has 1 atom stereocenters. The Balaban J connectivity index is 1.45. The highest BCUT2D eigenvalue weighted by Crippen LogP contribution is 2.22. The molecule has 3 aromatic heterocycles. The van der Waals surface area contributed by atoms with Crippen LogP contribution in [0.3, 0.4) is 0 Å². The highest BCUT2D eigenvalue weighted by atomic mass is 16.5. The lowest BCUT2D eigenvalue weighted by atomic mass is 10.0. The van der Waals surface area contributed by atoms with Crippen LogP contribution < -0.4 is 0 Å². The third-order valence-electron chi connectivity index (χ3n) is 4.50. The lowest BCUT2D eigenvalue weighted by Gasteiger charge is -2.34. The van der Waals surface area contributed by atoms with Gasteiger partial charge in [-0.3, -0.25) is 9.58 Å². The molecule has 7 nitrogen and oxygen atoms in total. The van der Waals surface area contributed by atoms with Crippen molar-refractivity contribution >= 4 is 0 Å². The molecule has 0 aliphatic carbocycles. The third kappa shape index (κ3) is 3.26. The summed E-state index contributed by atoms with van der Waals surface area (Å²) in [5, 5.41) is 8.46. The van der Waals surface area contributed by atoms with E-state index in [4.69, 9.17) is 8.94 Å². The van der Waals surface area contributed by atoms with Crippen molar-refractivity contribution in [2.75, 3.05) is 6.54 Å². The van der Waals surface area contributed by atoms with Crippen LogP contribution in [0.15, 0.2) is 39.9 Å². The van der Waals surface area contributed by atoms with E-state index in [0.29, 0.717) is 24.3 Å². The van der Waals surface area contributed by atoms with Crippen LogP contribution in [0.4, 0.5) is 0 Å². The number of likely N-dealkylation sites (tertiary alicyclic amines) is 1. The van der Waals surface area contributed by atoms with Crippen molar-refractivity contribution in [2.24, 2.45) is 0 Å². The molecule has 24 heavy (non-hydrogen) atoms. The molecule has 1 fully saturated rings. The first-order chi connectivity index (χ1) is 11.8. The molecule has 1 aliphatic rings. The van der Waals surface area contributed by atoms with E-state index in [-0.39, 0.29) is 0 Å². The van der Waals surface area contributed by atoms with E-state index < -0.39 is 0 Å². The van der Waals surface area contributed by atoms with Gasteiger partial charge < -0.3 is 8.94 Å². The zero-order chi connectivity index (χ0) is 16.4. The van der Waals surface area contributed by atoms with Crippen LogP contribution >= 0.6 is 0 Å². The number of nitrogens with zero attached hydrogens (tertiary/aromatic N) is 5. The third-order valence-corrected chi connectivity index (χ3v) is 4.50. The van der Waals surface area contributed by atoms with Gasteiger partial charge in [-0.25, -0.2) is 0 Å². The predicted molar refractivity (Wildman–Crippen MR) is 87.0 cm³/mol. The van der Waals surface area contributed by atoms with Gasteiger partial charge >= 0.3 is 0 Å². The van der Waals surface area contributed by atoms with Gasteiger partial charge in [-0.2, -0.15) is 10.1 Å². The van der Waals surface area contributed by atoms with E-state index in [1.807, 2.05) is 16.9 Å². The smallest absolute Gasteiger partial charge is 0.241 e. The minimum atomic E-state index is 0.447. The number of hydrogen-bond donors (Lipinski definition) is 0. The molecule has 4 heterocycles. The molecule has 4 rings (SSSR count). The summed E-state index contributed by atoms with van der Waals surface area (Å²) in [7, 11) is 0. The second kappa shape index (κ2) is 6.60. The van der Waals surface area contributed by atoms with Crippen LogP contribution in [0.5, 0.6) is 0 Å². The van der Waals surface area contributed by atoms with Crippen LogP contribution in [0.1, 0.15) is 30.7 Å². The Morgan fingerprint density at radius 2 is 2.29 bits per heavy atom. The summed E-state index contributed by atoms with van der Waals surface area (Å²) in [5.74, 6) is 1.23. The summed E-state index contributed by atoms with van der Waals surface area (Å²) in [5.41, 5.74) is 2.03. The number of aryl methyl sites for hydroxylation is 1. The zero-order valence-corrected chi connectivity index (χ0v) is 13.8. The number of furan rings is 1. The van der Waals surface area contributed by atoms with Crippen molar-refractivity contribution in [1.82, 2.24) is 24.8 Å². The van der Waals surface area contributed by atoms with E-state index >= 15 is 0 Å². The Morgan fingerprint density at radius 3 is 3.08 bits per heavy atom. The molecule has 3 aromatic rings. The summed E-state index contributed by atoms with van der Waals surface area (Å²) < 4.78 is 12.5. The van der Waals surface area contributed by atoms with Gasteiger partial charge in [-0.15, -0.1) is 0 Å². The quantitative estimate of drug-likeness (QED) is 0.717. The second-order valence-electron chi connectivity index (χ2n) is 6.38. The van der Waals surface area contributed by atoms with Gasteiger partial charge in [-0.05, 0) is 37.9 Å². The van der Waals surface area contributed by atoms with Gasteiger partial charge in [-0.1, -0.05) is 11.6 Å². The fraction of sp³-hybridized carbons (Fsp3) is 0.471. The molecule has 0 spiro atoms. The van der Waals surface area contributed by atoms with E-state index in [2.05, 4.69) is 33.3 Å². The maximum absolute atomic E-state index is 5.43. The number of rotatable bonds is 5. The molecule has 0 radical (unpaired) electrons. The normalized spacial score (nSPS) is 19.0. The highest BCUT2D eigenvalue weighted by molar-refractivity contribution is 5.51. The lowest BCUT2D eigenvalue weighted by molar-refractivity contribution is 0.108. The SMILES string of the molecule is Cc1cnn(C[C@@H]2CCCCN2Cc2nc(-c3ccoc3)no2)c1. The fourth-order valence-corrected chi connectivity index (χ4v) is 3.26. The van der Waals surface area contributed by atoms with Gasteiger partial charge in [0.1, 0.15) is 6.26 Å². The minimum absolute atomic E-state index is 0.447. The van der Waals surface area contributed by atoms with Crippen molar-refractivity contribution in [3.05, 3.63) is 42.4 Å². The molecule has 126 valence electrons. The Bertz CT molecular complexity index is 777. The molecule has 1 aliphatic heterocycles. The van der Waals surface area contributed by atoms with Crippen molar-refractivity contribution in [1.29, 1.82) is 0 Å². The van der Waals surface area contributed by atoms with Crippen molar-refractivity contribution in [2.45, 2.75) is 45.3 Å². The van der Waals surface area contributed by atoms with Crippen molar-refractivity contribution in [3.63, 3.8) is 0 Å². The largest absolute Gasteiger partial charge is 0.472 e. The zero-order valence-electron chi connectivity index (χ0n) is 13.8. The minimum Gasteiger partial charge on any atom is -0.472 e. The second-order valence-corrected chi connectivity index (χ2v) is 6.38. The van der Waals surface area contributed by atoms with Crippen LogP contribution in [-0.4, -0.2) is 37.4 Å². The summed E-state index contributed by atoms with van der Waals surface area (Å²) in [6, 6.07) is 2.28. The average Bonchev–Trinajstić information content (AvgIpc) is 3.31. The standard InChI is InChI=1S/C17H21N5O2/c1-13-8-18-22(9-13)10-15-4-2-3-6-21(15)11-16-19-17(20-24-16)14-5-7-23-12-14/h5,7-9,12,15H,2-4,6,10-11H2,1H3/t15-/m0/s1. The highest BCUT2D eigenvalue weighted by Gasteiger charge is 2.25. The van der Waals surface area contributed by atoms with Gasteiger partial charge in [0.15, 0.2) is 0 Å². The monoisotopic (exact) mass is 327 g/mol. The summed E-state index contributed by atoms with van der Waals surface area (Å²) >= 11 is 0. The van der Waals surface area contributed by atoms with Crippen LogP contribution in [0.25, 0.3) is 11.4 Å². The Hall–Kier alpha value is -2.41. The van der Waals surface area contributed by atoms with Crippen molar-refractivity contribution < 1.29 is 8.94 Å². The number of piperidine rings is 1. The summed E-state index contributed by atoms with van der Waals surface area (Å²) in [4.78, 5) is 6.91. The summed E-state index contributed by atoms with van der Waals surface area (Å²) in [6.45, 7) is 4.69. The maximum Gasteiger partial charge on any atom is 0.241 e. The van der Waals surface area contributed by atoms with E-state index in [0.717, 1.165) is 18.7 Å². The number of hydrogen-bond acceptors (Lipinski definition) is 6. The van der Waals surface area contributed by atoms with Gasteiger partial charge in [0.25, 0.3) is 0 Å². The van der Waals surface area contributed by atoms with E-state index in [1.54, 1.807) is 12.5 Å². The molecular weight excluding hydrogens is 306 g/mol.